The van der Waals surface area contributed by atoms with Crippen LogP contribution in [0.4, 0.5) is 13.2 Å². The van der Waals surface area contributed by atoms with E-state index in [1.165, 1.54) is 12.1 Å². The standard InChI is InChI=1S/C23H28F3NO4S/c1-16(2)11-22(28)27(14-17(3)4)15-18-7-5-9-20(12-18)31-32(29,30)21-10-6-8-19(13-21)23(24,25)26/h5-10,12-13,16-17H,11,14-15H2,1-4H3. The summed E-state index contributed by atoms with van der Waals surface area (Å²) in [6.07, 6.45) is -4.28. The van der Waals surface area contributed by atoms with Crippen molar-refractivity contribution in [1.29, 1.82) is 0 Å². The van der Waals surface area contributed by atoms with Crippen LogP contribution in [-0.2, 0) is 27.6 Å². The van der Waals surface area contributed by atoms with Gasteiger partial charge in [-0.15, -0.1) is 0 Å². The largest absolute Gasteiger partial charge is 0.416 e. The molecular formula is C23H28F3NO4S. The predicted octanol–water partition coefficient (Wildman–Crippen LogP) is 5.50. The van der Waals surface area contributed by atoms with Gasteiger partial charge >= 0.3 is 16.3 Å². The van der Waals surface area contributed by atoms with Crippen molar-refractivity contribution in [2.75, 3.05) is 6.54 Å². The molecule has 2 aromatic carbocycles. The summed E-state index contributed by atoms with van der Waals surface area (Å²) in [6.45, 7) is 8.72. The van der Waals surface area contributed by atoms with E-state index in [1.807, 2.05) is 27.7 Å². The molecule has 0 saturated carbocycles. The number of carbonyl (C=O) groups is 1. The zero-order valence-corrected chi connectivity index (χ0v) is 19.3. The summed E-state index contributed by atoms with van der Waals surface area (Å²) in [4.78, 5) is 13.7. The van der Waals surface area contributed by atoms with Crippen LogP contribution in [0.1, 0.15) is 45.2 Å². The number of hydrogen-bond donors (Lipinski definition) is 0. The molecule has 5 nitrogen and oxygen atoms in total. The second kappa shape index (κ2) is 10.4. The molecule has 2 rings (SSSR count). The summed E-state index contributed by atoms with van der Waals surface area (Å²) in [6, 6.07) is 9.57. The minimum atomic E-state index is -4.67. The smallest absolute Gasteiger partial charge is 0.379 e. The van der Waals surface area contributed by atoms with Crippen molar-refractivity contribution in [1.82, 2.24) is 4.90 Å². The van der Waals surface area contributed by atoms with Gasteiger partial charge in [-0.05, 0) is 47.7 Å². The first kappa shape index (κ1) is 25.7. The summed E-state index contributed by atoms with van der Waals surface area (Å²) in [5.41, 5.74) is -0.427. The molecule has 0 saturated heterocycles. The number of halogens is 3. The second-order valence-corrected chi connectivity index (χ2v) is 10.0. The molecule has 0 aliphatic rings. The van der Waals surface area contributed by atoms with Gasteiger partial charge in [-0.25, -0.2) is 0 Å². The van der Waals surface area contributed by atoms with Gasteiger partial charge in [-0.3, -0.25) is 4.79 Å². The monoisotopic (exact) mass is 471 g/mol. The highest BCUT2D eigenvalue weighted by atomic mass is 32.2. The second-order valence-electron chi connectivity index (χ2n) is 8.48. The lowest BCUT2D eigenvalue weighted by Gasteiger charge is -2.26. The van der Waals surface area contributed by atoms with Crippen molar-refractivity contribution in [3.63, 3.8) is 0 Å². The predicted molar refractivity (Wildman–Crippen MR) is 115 cm³/mol. The molecule has 0 fully saturated rings. The fourth-order valence-corrected chi connectivity index (χ4v) is 4.06. The number of amides is 1. The van der Waals surface area contributed by atoms with Crippen LogP contribution in [0.3, 0.4) is 0 Å². The van der Waals surface area contributed by atoms with E-state index in [1.54, 1.807) is 17.0 Å². The molecule has 0 aliphatic carbocycles. The Kier molecular flexibility index (Phi) is 8.34. The number of nitrogens with zero attached hydrogens (tertiary/aromatic N) is 1. The molecule has 0 bridgehead atoms. The van der Waals surface area contributed by atoms with E-state index >= 15 is 0 Å². The molecule has 0 unspecified atom stereocenters. The van der Waals surface area contributed by atoms with Gasteiger partial charge in [0.2, 0.25) is 5.91 Å². The first-order chi connectivity index (χ1) is 14.8. The maximum atomic E-state index is 12.9. The van der Waals surface area contributed by atoms with E-state index in [9.17, 15) is 26.4 Å². The molecule has 0 radical (unpaired) electrons. The Morgan fingerprint density at radius 2 is 1.66 bits per heavy atom. The molecule has 0 aliphatic heterocycles. The minimum Gasteiger partial charge on any atom is -0.379 e. The van der Waals surface area contributed by atoms with Crippen molar-refractivity contribution < 1.29 is 30.6 Å². The third-order valence-corrected chi connectivity index (χ3v) is 5.69. The fraction of sp³-hybridized carbons (Fsp3) is 0.435. The van der Waals surface area contributed by atoms with E-state index in [2.05, 4.69) is 0 Å². The summed E-state index contributed by atoms with van der Waals surface area (Å²) in [7, 11) is -4.47. The van der Waals surface area contributed by atoms with E-state index < -0.39 is 26.8 Å². The van der Waals surface area contributed by atoms with E-state index in [4.69, 9.17) is 4.18 Å². The average molecular weight is 472 g/mol. The lowest BCUT2D eigenvalue weighted by molar-refractivity contribution is -0.137. The number of rotatable bonds is 9. The Hall–Kier alpha value is -2.55. The Labute approximate surface area is 187 Å². The highest BCUT2D eigenvalue weighted by Gasteiger charge is 2.32. The summed E-state index contributed by atoms with van der Waals surface area (Å²) in [5, 5.41) is 0. The quantitative estimate of drug-likeness (QED) is 0.453. The molecule has 176 valence electrons. The lowest BCUT2D eigenvalue weighted by Crippen LogP contribution is -2.34. The number of alkyl halides is 3. The average Bonchev–Trinajstić information content (AvgIpc) is 2.66. The van der Waals surface area contributed by atoms with Crippen LogP contribution in [-0.4, -0.2) is 25.8 Å². The first-order valence-electron chi connectivity index (χ1n) is 10.3. The molecule has 9 heteroatoms. The summed E-state index contributed by atoms with van der Waals surface area (Å²) in [5.74, 6) is 0.397. The molecule has 1 amide bonds. The Morgan fingerprint density at radius 1 is 1.00 bits per heavy atom. The highest BCUT2D eigenvalue weighted by molar-refractivity contribution is 7.87. The third kappa shape index (κ3) is 7.55. The van der Waals surface area contributed by atoms with Crippen LogP contribution < -0.4 is 4.18 Å². The van der Waals surface area contributed by atoms with E-state index in [-0.39, 0.29) is 30.0 Å². The van der Waals surface area contributed by atoms with Gasteiger partial charge in [-0.2, -0.15) is 21.6 Å². The number of benzene rings is 2. The van der Waals surface area contributed by atoms with Gasteiger partial charge in [0.15, 0.2) is 0 Å². The molecule has 2 aromatic rings. The Balaban J connectivity index is 2.24. The van der Waals surface area contributed by atoms with Crippen molar-refractivity contribution in [2.45, 2.75) is 51.7 Å². The van der Waals surface area contributed by atoms with Gasteiger partial charge < -0.3 is 9.08 Å². The summed E-state index contributed by atoms with van der Waals surface area (Å²) >= 11 is 0. The van der Waals surface area contributed by atoms with Crippen LogP contribution in [0.15, 0.2) is 53.4 Å². The molecule has 0 atom stereocenters. The zero-order chi connectivity index (χ0) is 24.1. The molecule has 0 heterocycles. The number of carbonyl (C=O) groups excluding carboxylic acids is 1. The van der Waals surface area contributed by atoms with Crippen LogP contribution in [0.2, 0.25) is 0 Å². The van der Waals surface area contributed by atoms with Crippen LogP contribution in [0, 0.1) is 11.8 Å². The van der Waals surface area contributed by atoms with Gasteiger partial charge in [0.05, 0.1) is 5.56 Å². The van der Waals surface area contributed by atoms with Crippen LogP contribution in [0.5, 0.6) is 5.75 Å². The topological polar surface area (TPSA) is 63.7 Å². The maximum absolute atomic E-state index is 12.9. The third-order valence-electron chi connectivity index (χ3n) is 4.45. The fourth-order valence-electron chi connectivity index (χ4n) is 3.09. The number of hydrogen-bond acceptors (Lipinski definition) is 4. The maximum Gasteiger partial charge on any atom is 0.416 e. The SMILES string of the molecule is CC(C)CC(=O)N(Cc1cccc(OS(=O)(=O)c2cccc(C(F)(F)F)c2)c1)CC(C)C. The lowest BCUT2D eigenvalue weighted by atomic mass is 10.1. The van der Waals surface area contributed by atoms with E-state index in [0.717, 1.165) is 18.2 Å². The zero-order valence-electron chi connectivity index (χ0n) is 18.5. The molecular weight excluding hydrogens is 443 g/mol. The van der Waals surface area contributed by atoms with Gasteiger partial charge in [0, 0.05) is 19.5 Å². The first-order valence-corrected chi connectivity index (χ1v) is 11.7. The van der Waals surface area contributed by atoms with E-state index in [0.29, 0.717) is 24.6 Å². The molecule has 0 N–H and O–H groups in total. The van der Waals surface area contributed by atoms with Crippen molar-refractivity contribution in [2.24, 2.45) is 11.8 Å². The molecule has 0 spiro atoms. The van der Waals surface area contributed by atoms with Gasteiger partial charge in [-0.1, -0.05) is 45.9 Å². The van der Waals surface area contributed by atoms with Crippen molar-refractivity contribution in [3.8, 4) is 5.75 Å². The summed E-state index contributed by atoms with van der Waals surface area (Å²) < 4.78 is 68.9. The van der Waals surface area contributed by atoms with Gasteiger partial charge in [0.1, 0.15) is 10.6 Å². The minimum absolute atomic E-state index is 0.00314. The van der Waals surface area contributed by atoms with Crippen LogP contribution >= 0.6 is 0 Å². The Morgan fingerprint density at radius 3 is 2.25 bits per heavy atom. The van der Waals surface area contributed by atoms with Crippen molar-refractivity contribution >= 4 is 16.0 Å². The van der Waals surface area contributed by atoms with Gasteiger partial charge in [0.25, 0.3) is 0 Å². The molecule has 32 heavy (non-hydrogen) atoms. The van der Waals surface area contributed by atoms with Crippen molar-refractivity contribution in [3.05, 3.63) is 59.7 Å². The normalized spacial score (nSPS) is 12.3. The van der Waals surface area contributed by atoms with Crippen LogP contribution in [0.25, 0.3) is 0 Å². The molecule has 0 aromatic heterocycles. The Bertz CT molecular complexity index is 1030. The highest BCUT2D eigenvalue weighted by Crippen LogP contribution is 2.31.